The Balaban J connectivity index is 1.56. The van der Waals surface area contributed by atoms with Gasteiger partial charge >= 0.3 is 0 Å². The van der Waals surface area contributed by atoms with Gasteiger partial charge in [0.15, 0.2) is 0 Å². The molecule has 5 aromatic heterocycles. The highest BCUT2D eigenvalue weighted by molar-refractivity contribution is 7.21. The summed E-state index contributed by atoms with van der Waals surface area (Å²) in [6.07, 6.45) is 2.15. The van der Waals surface area contributed by atoms with Gasteiger partial charge in [-0.25, -0.2) is 18.7 Å². The SMILES string of the molecule is CCn1ncc(-c2cc(C(F)F)nc3sc(C(N)=O)c(NC(=O)c4cc(-c5cnn(C)c5)nc5ccccc45)c23)c1C. The van der Waals surface area contributed by atoms with Crippen LogP contribution in [0.5, 0.6) is 0 Å². The Morgan fingerprint density at radius 1 is 1.10 bits per heavy atom. The molecule has 0 atom stereocenters. The first-order chi connectivity index (χ1) is 20.2. The number of nitrogens with one attached hydrogen (secondary N) is 1. The zero-order valence-electron chi connectivity index (χ0n) is 22.7. The number of rotatable bonds is 7. The van der Waals surface area contributed by atoms with Gasteiger partial charge in [-0.15, -0.1) is 11.3 Å². The van der Waals surface area contributed by atoms with Crippen LogP contribution in [0.4, 0.5) is 14.5 Å². The van der Waals surface area contributed by atoms with Crippen molar-refractivity contribution in [1.82, 2.24) is 29.5 Å². The first kappa shape index (κ1) is 27.1. The third-order valence-corrected chi connectivity index (χ3v) is 8.12. The van der Waals surface area contributed by atoms with E-state index in [1.807, 2.05) is 19.9 Å². The van der Waals surface area contributed by atoms with Gasteiger partial charge in [-0.2, -0.15) is 10.2 Å². The normalized spacial score (nSPS) is 11.6. The van der Waals surface area contributed by atoms with Gasteiger partial charge in [-0.05, 0) is 37.6 Å². The highest BCUT2D eigenvalue weighted by atomic mass is 32.1. The number of aromatic nitrogens is 6. The van der Waals surface area contributed by atoms with Crippen molar-refractivity contribution in [1.29, 1.82) is 0 Å². The Morgan fingerprint density at radius 2 is 1.88 bits per heavy atom. The number of carbonyl (C=O) groups excluding carboxylic acids is 2. The predicted octanol–water partition coefficient (Wildman–Crippen LogP) is 5.73. The van der Waals surface area contributed by atoms with Crippen LogP contribution in [-0.2, 0) is 13.6 Å². The maximum absolute atomic E-state index is 14.0. The molecule has 5 heterocycles. The van der Waals surface area contributed by atoms with Crippen LogP contribution in [-0.4, -0.2) is 41.3 Å². The van der Waals surface area contributed by atoms with Gasteiger partial charge in [0.05, 0.1) is 34.9 Å². The Labute approximate surface area is 241 Å². The van der Waals surface area contributed by atoms with Gasteiger partial charge in [0, 0.05) is 47.4 Å². The second-order valence-corrected chi connectivity index (χ2v) is 10.6. The molecule has 6 rings (SSSR count). The molecular weight excluding hydrogens is 562 g/mol. The number of nitrogens with two attached hydrogens (primary N) is 1. The number of primary amides is 1. The number of anilines is 1. The van der Waals surface area contributed by atoms with Gasteiger partial charge in [0.2, 0.25) is 0 Å². The number of alkyl halides is 2. The standard InChI is InChI=1S/C29H24F2N8O2S/c1-4-39-14(2)19(12-34-39)17-9-22(26(30)31)36-29-23(17)24(25(42-29)27(32)40)37-28(41)18-10-21(15-11-33-38(3)13-15)35-20-8-6-5-7-16(18)20/h5-13,26H,4H2,1-3H3,(H2,32,40)(H,37,41). The Hall–Kier alpha value is -5.04. The molecule has 0 aliphatic carbocycles. The first-order valence-corrected chi connectivity index (χ1v) is 13.8. The second kappa shape index (κ2) is 10.4. The Bertz CT molecular complexity index is 2030. The molecule has 0 saturated carbocycles. The van der Waals surface area contributed by atoms with E-state index in [4.69, 9.17) is 10.7 Å². The number of nitrogens with zero attached hydrogens (tertiary/aromatic N) is 6. The molecule has 0 fully saturated rings. The Kier molecular flexibility index (Phi) is 6.73. The minimum absolute atomic E-state index is 0.00935. The number of carbonyl (C=O) groups is 2. The van der Waals surface area contributed by atoms with E-state index in [2.05, 4.69) is 20.5 Å². The number of hydrogen-bond donors (Lipinski definition) is 2. The number of thiophene rings is 1. The smallest absolute Gasteiger partial charge is 0.280 e. The van der Waals surface area contributed by atoms with E-state index in [9.17, 15) is 18.4 Å². The largest absolute Gasteiger partial charge is 0.365 e. The number of amides is 2. The van der Waals surface area contributed by atoms with Crippen molar-refractivity contribution in [3.8, 4) is 22.4 Å². The molecule has 0 saturated heterocycles. The molecule has 0 unspecified atom stereocenters. The summed E-state index contributed by atoms with van der Waals surface area (Å²) in [5.74, 6) is -1.36. The molecule has 13 heteroatoms. The van der Waals surface area contributed by atoms with E-state index in [0.717, 1.165) is 17.0 Å². The number of halogens is 2. The lowest BCUT2D eigenvalue weighted by atomic mass is 10.0. The molecular formula is C29H24F2N8O2S. The van der Waals surface area contributed by atoms with E-state index in [-0.39, 0.29) is 15.4 Å². The summed E-state index contributed by atoms with van der Waals surface area (Å²) in [5, 5.41) is 12.4. The molecule has 0 spiro atoms. The number of fused-ring (bicyclic) bond motifs is 2. The molecule has 42 heavy (non-hydrogen) atoms. The molecule has 6 aromatic rings. The van der Waals surface area contributed by atoms with Crippen LogP contribution in [0.25, 0.3) is 43.5 Å². The quantitative estimate of drug-likeness (QED) is 0.246. The highest BCUT2D eigenvalue weighted by Crippen LogP contribution is 2.43. The van der Waals surface area contributed by atoms with Crippen LogP contribution in [0.15, 0.2) is 55.0 Å². The van der Waals surface area contributed by atoms with Crippen LogP contribution < -0.4 is 11.1 Å². The summed E-state index contributed by atoms with van der Waals surface area (Å²) in [7, 11) is 1.78. The van der Waals surface area contributed by atoms with E-state index in [0.29, 0.717) is 50.8 Å². The van der Waals surface area contributed by atoms with Crippen molar-refractivity contribution in [2.45, 2.75) is 26.8 Å². The lowest BCUT2D eigenvalue weighted by molar-refractivity contribution is 0.100. The summed E-state index contributed by atoms with van der Waals surface area (Å²) in [6, 6.07) is 10.1. The van der Waals surface area contributed by atoms with Crippen LogP contribution in [0.1, 0.15) is 44.8 Å². The highest BCUT2D eigenvalue weighted by Gasteiger charge is 2.27. The third-order valence-electron chi connectivity index (χ3n) is 7.02. The minimum Gasteiger partial charge on any atom is -0.365 e. The summed E-state index contributed by atoms with van der Waals surface area (Å²) < 4.78 is 31.2. The number of pyridine rings is 2. The lowest BCUT2D eigenvalue weighted by Gasteiger charge is -2.13. The fourth-order valence-corrected chi connectivity index (χ4v) is 6.02. The monoisotopic (exact) mass is 586 g/mol. The molecule has 10 nitrogen and oxygen atoms in total. The number of aryl methyl sites for hydroxylation is 2. The van der Waals surface area contributed by atoms with Crippen molar-refractivity contribution in [3.05, 3.63) is 76.8 Å². The van der Waals surface area contributed by atoms with Crippen molar-refractivity contribution in [2.24, 2.45) is 12.8 Å². The average Bonchev–Trinajstić information content (AvgIpc) is 3.68. The fourth-order valence-electron chi connectivity index (χ4n) is 5.01. The molecule has 3 N–H and O–H groups in total. The number of para-hydroxylation sites is 1. The maximum Gasteiger partial charge on any atom is 0.280 e. The van der Waals surface area contributed by atoms with E-state index in [1.54, 1.807) is 59.3 Å². The van der Waals surface area contributed by atoms with Crippen molar-refractivity contribution in [3.63, 3.8) is 0 Å². The molecule has 0 aliphatic rings. The molecule has 2 amide bonds. The van der Waals surface area contributed by atoms with Gasteiger partial charge < -0.3 is 11.1 Å². The average molecular weight is 587 g/mol. The second-order valence-electron chi connectivity index (χ2n) is 9.63. The maximum atomic E-state index is 14.0. The zero-order chi connectivity index (χ0) is 29.7. The molecule has 0 aliphatic heterocycles. The summed E-state index contributed by atoms with van der Waals surface area (Å²) in [5.41, 5.74) is 9.17. The molecule has 1 aromatic carbocycles. The van der Waals surface area contributed by atoms with Crippen LogP contribution in [0.2, 0.25) is 0 Å². The molecule has 212 valence electrons. The minimum atomic E-state index is -2.86. The first-order valence-electron chi connectivity index (χ1n) is 12.9. The van der Waals surface area contributed by atoms with Gasteiger partial charge in [-0.1, -0.05) is 18.2 Å². The molecule has 0 radical (unpaired) electrons. The summed E-state index contributed by atoms with van der Waals surface area (Å²) in [6.45, 7) is 4.30. The van der Waals surface area contributed by atoms with Gasteiger partial charge in [0.1, 0.15) is 15.4 Å². The van der Waals surface area contributed by atoms with Crippen LogP contribution in [0.3, 0.4) is 0 Å². The van der Waals surface area contributed by atoms with Gasteiger partial charge in [0.25, 0.3) is 18.2 Å². The zero-order valence-corrected chi connectivity index (χ0v) is 23.5. The van der Waals surface area contributed by atoms with Crippen molar-refractivity contribution >= 4 is 50.0 Å². The van der Waals surface area contributed by atoms with E-state index < -0.39 is 23.9 Å². The van der Waals surface area contributed by atoms with Crippen molar-refractivity contribution in [2.75, 3.05) is 5.32 Å². The van der Waals surface area contributed by atoms with Crippen molar-refractivity contribution < 1.29 is 18.4 Å². The van der Waals surface area contributed by atoms with Crippen LogP contribution >= 0.6 is 11.3 Å². The number of hydrogen-bond acceptors (Lipinski definition) is 7. The summed E-state index contributed by atoms with van der Waals surface area (Å²) in [4.78, 5) is 35.6. The summed E-state index contributed by atoms with van der Waals surface area (Å²) >= 11 is 0.850. The number of benzene rings is 1. The lowest BCUT2D eigenvalue weighted by Crippen LogP contribution is -2.17. The van der Waals surface area contributed by atoms with Crippen LogP contribution in [0, 0.1) is 6.92 Å². The van der Waals surface area contributed by atoms with Gasteiger partial charge in [-0.3, -0.25) is 19.0 Å². The third kappa shape index (κ3) is 4.57. The van der Waals surface area contributed by atoms with E-state index >= 15 is 0 Å². The Morgan fingerprint density at radius 3 is 2.55 bits per heavy atom. The van der Waals surface area contributed by atoms with E-state index in [1.165, 1.54) is 6.07 Å². The molecule has 0 bridgehead atoms. The predicted molar refractivity (Wildman–Crippen MR) is 157 cm³/mol. The fraction of sp³-hybridized carbons (Fsp3) is 0.172. The topological polar surface area (TPSA) is 134 Å².